The van der Waals surface area contributed by atoms with Crippen LogP contribution in [0.25, 0.3) is 5.65 Å². The number of anilines is 2. The Kier molecular flexibility index (Phi) is 3.45. The second-order valence-electron chi connectivity index (χ2n) is 4.45. The minimum absolute atomic E-state index is 0.0241. The van der Waals surface area contributed by atoms with Crippen molar-refractivity contribution in [1.29, 1.82) is 0 Å². The predicted octanol–water partition coefficient (Wildman–Crippen LogP) is 2.36. The van der Waals surface area contributed by atoms with Gasteiger partial charge in [-0.25, -0.2) is 9.97 Å². The average Bonchev–Trinajstić information content (AvgIpc) is 3.06. The Bertz CT molecular complexity index is 780. The molecule has 3 aromatic heterocycles. The summed E-state index contributed by atoms with van der Waals surface area (Å²) in [6, 6.07) is 2.46. The number of aromatic amines is 1. The van der Waals surface area contributed by atoms with Gasteiger partial charge in [0.25, 0.3) is 0 Å². The highest BCUT2D eigenvalue weighted by Crippen LogP contribution is 2.30. The van der Waals surface area contributed by atoms with Crippen molar-refractivity contribution in [3.05, 3.63) is 35.9 Å². The molecular formula is C12H11F3N6O. The lowest BCUT2D eigenvalue weighted by molar-refractivity contribution is -0.141. The summed E-state index contributed by atoms with van der Waals surface area (Å²) in [4.78, 5) is 7.72. The Hall–Kier alpha value is -2.62. The zero-order chi connectivity index (χ0) is 15.7. The molecule has 3 aromatic rings. The van der Waals surface area contributed by atoms with Crippen molar-refractivity contribution in [2.24, 2.45) is 0 Å². The molecule has 7 nitrogen and oxygen atoms in total. The van der Waals surface area contributed by atoms with E-state index in [2.05, 4.69) is 25.5 Å². The Morgan fingerprint density at radius 3 is 2.82 bits per heavy atom. The number of rotatable bonds is 4. The van der Waals surface area contributed by atoms with E-state index in [0.29, 0.717) is 11.5 Å². The van der Waals surface area contributed by atoms with Crippen molar-refractivity contribution in [2.45, 2.75) is 12.8 Å². The number of methoxy groups -OCH3 is 1. The minimum Gasteiger partial charge on any atom is -0.378 e. The Labute approximate surface area is 122 Å². The van der Waals surface area contributed by atoms with E-state index in [-0.39, 0.29) is 18.2 Å². The summed E-state index contributed by atoms with van der Waals surface area (Å²) in [5.41, 5.74) is -0.413. The molecule has 0 radical (unpaired) electrons. The fourth-order valence-electron chi connectivity index (χ4n) is 1.94. The highest BCUT2D eigenvalue weighted by atomic mass is 19.4. The maximum atomic E-state index is 13.0. The van der Waals surface area contributed by atoms with Crippen molar-refractivity contribution in [3.63, 3.8) is 0 Å². The quantitative estimate of drug-likeness (QED) is 0.773. The summed E-state index contributed by atoms with van der Waals surface area (Å²) < 4.78 is 45.2. The van der Waals surface area contributed by atoms with Gasteiger partial charge >= 0.3 is 6.18 Å². The van der Waals surface area contributed by atoms with Gasteiger partial charge in [-0.3, -0.25) is 9.50 Å². The minimum atomic E-state index is -4.57. The van der Waals surface area contributed by atoms with E-state index in [1.807, 2.05) is 0 Å². The van der Waals surface area contributed by atoms with Crippen LogP contribution in [0.5, 0.6) is 0 Å². The third-order valence-electron chi connectivity index (χ3n) is 2.83. The van der Waals surface area contributed by atoms with Gasteiger partial charge in [-0.1, -0.05) is 0 Å². The summed E-state index contributed by atoms with van der Waals surface area (Å²) in [5, 5.41) is 9.07. The number of nitrogens with zero attached hydrogens (tertiary/aromatic N) is 4. The zero-order valence-corrected chi connectivity index (χ0v) is 11.3. The molecule has 0 saturated heterocycles. The summed E-state index contributed by atoms with van der Waals surface area (Å²) in [6.07, 6.45) is -1.54. The third-order valence-corrected chi connectivity index (χ3v) is 2.83. The first-order valence-corrected chi connectivity index (χ1v) is 6.19. The highest BCUT2D eigenvalue weighted by molar-refractivity contribution is 5.55. The fourth-order valence-corrected chi connectivity index (χ4v) is 1.94. The lowest BCUT2D eigenvalue weighted by Gasteiger charge is -2.10. The molecule has 0 bridgehead atoms. The van der Waals surface area contributed by atoms with Gasteiger partial charge in [0.05, 0.1) is 18.5 Å². The molecule has 116 valence electrons. The lowest BCUT2D eigenvalue weighted by Crippen LogP contribution is -2.12. The molecule has 0 saturated carbocycles. The second kappa shape index (κ2) is 5.30. The van der Waals surface area contributed by atoms with Gasteiger partial charge in [-0.2, -0.15) is 18.3 Å². The van der Waals surface area contributed by atoms with E-state index in [1.54, 1.807) is 12.3 Å². The van der Waals surface area contributed by atoms with Crippen LogP contribution in [0.15, 0.2) is 24.5 Å². The van der Waals surface area contributed by atoms with E-state index in [9.17, 15) is 13.2 Å². The van der Waals surface area contributed by atoms with Crippen LogP contribution in [-0.4, -0.2) is 31.7 Å². The lowest BCUT2D eigenvalue weighted by atomic mass is 10.4. The van der Waals surface area contributed by atoms with Crippen molar-refractivity contribution in [2.75, 3.05) is 12.4 Å². The van der Waals surface area contributed by atoms with E-state index in [1.165, 1.54) is 17.7 Å². The smallest absolute Gasteiger partial charge is 0.378 e. The molecule has 0 aliphatic carbocycles. The van der Waals surface area contributed by atoms with E-state index >= 15 is 0 Å². The number of alkyl halides is 3. The molecule has 0 aromatic carbocycles. The van der Waals surface area contributed by atoms with Gasteiger partial charge in [-0.05, 0) is 0 Å². The van der Waals surface area contributed by atoms with Crippen LogP contribution < -0.4 is 5.32 Å². The molecule has 2 N–H and O–H groups in total. The van der Waals surface area contributed by atoms with E-state index in [0.717, 1.165) is 6.07 Å². The Balaban J connectivity index is 2.13. The van der Waals surface area contributed by atoms with Crippen LogP contribution in [0.4, 0.5) is 24.9 Å². The molecule has 0 aliphatic heterocycles. The SMILES string of the molecule is COCc1cn2c(Nc3ccn[nH]3)nc(C(F)(F)F)cc2n1. The molecule has 0 amide bonds. The summed E-state index contributed by atoms with van der Waals surface area (Å²) in [5.74, 6) is 0.388. The number of aromatic nitrogens is 5. The van der Waals surface area contributed by atoms with Crippen molar-refractivity contribution in [1.82, 2.24) is 24.6 Å². The van der Waals surface area contributed by atoms with E-state index < -0.39 is 11.9 Å². The van der Waals surface area contributed by atoms with Crippen LogP contribution in [0.3, 0.4) is 0 Å². The average molecular weight is 312 g/mol. The zero-order valence-electron chi connectivity index (χ0n) is 11.3. The van der Waals surface area contributed by atoms with Gasteiger partial charge in [-0.15, -0.1) is 0 Å². The topological polar surface area (TPSA) is 80.1 Å². The summed E-state index contributed by atoms with van der Waals surface area (Å²) in [6.45, 7) is 0.187. The number of H-pyrrole nitrogens is 1. The van der Waals surface area contributed by atoms with Gasteiger partial charge in [0, 0.05) is 25.4 Å². The molecule has 10 heteroatoms. The molecule has 3 rings (SSSR count). The fraction of sp³-hybridized carbons (Fsp3) is 0.250. The Morgan fingerprint density at radius 1 is 1.36 bits per heavy atom. The second-order valence-corrected chi connectivity index (χ2v) is 4.45. The van der Waals surface area contributed by atoms with Gasteiger partial charge < -0.3 is 10.1 Å². The predicted molar refractivity (Wildman–Crippen MR) is 70.6 cm³/mol. The molecule has 0 aliphatic rings. The first kappa shape index (κ1) is 14.3. The summed E-state index contributed by atoms with van der Waals surface area (Å²) in [7, 11) is 1.48. The van der Waals surface area contributed by atoms with E-state index in [4.69, 9.17) is 4.74 Å². The normalized spacial score (nSPS) is 12.0. The third kappa shape index (κ3) is 2.72. The molecule has 0 fully saturated rings. The van der Waals surface area contributed by atoms with Crippen LogP contribution in [-0.2, 0) is 17.5 Å². The number of fused-ring (bicyclic) bond motifs is 1. The number of ether oxygens (including phenoxy) is 1. The first-order chi connectivity index (χ1) is 10.5. The van der Waals surface area contributed by atoms with Crippen LogP contribution in [0, 0.1) is 0 Å². The van der Waals surface area contributed by atoms with Crippen molar-refractivity contribution >= 4 is 17.4 Å². The molecule has 0 spiro atoms. The maximum absolute atomic E-state index is 13.0. The van der Waals surface area contributed by atoms with Crippen LogP contribution in [0.2, 0.25) is 0 Å². The molecule has 22 heavy (non-hydrogen) atoms. The number of hydrogen-bond acceptors (Lipinski definition) is 5. The maximum Gasteiger partial charge on any atom is 0.433 e. The number of nitrogens with one attached hydrogen (secondary N) is 2. The monoisotopic (exact) mass is 312 g/mol. The number of halogens is 3. The number of hydrogen-bond donors (Lipinski definition) is 2. The molecular weight excluding hydrogens is 301 g/mol. The van der Waals surface area contributed by atoms with Crippen molar-refractivity contribution in [3.8, 4) is 0 Å². The van der Waals surface area contributed by atoms with Crippen LogP contribution in [0.1, 0.15) is 11.4 Å². The highest BCUT2D eigenvalue weighted by Gasteiger charge is 2.34. The first-order valence-electron chi connectivity index (χ1n) is 6.19. The van der Waals surface area contributed by atoms with Crippen molar-refractivity contribution < 1.29 is 17.9 Å². The van der Waals surface area contributed by atoms with Crippen LogP contribution >= 0.6 is 0 Å². The molecule has 0 atom stereocenters. The largest absolute Gasteiger partial charge is 0.433 e. The van der Waals surface area contributed by atoms with Gasteiger partial charge in [0.2, 0.25) is 5.95 Å². The summed E-state index contributed by atoms with van der Waals surface area (Å²) >= 11 is 0. The standard InChI is InChI=1S/C12H11F3N6O/c1-22-6-7-5-21-10(17-7)4-8(12(13,14)15)18-11(21)19-9-2-3-16-20-9/h2-5H,6H2,1H3,(H2,16,18,19,20). The molecule has 3 heterocycles. The molecule has 0 unspecified atom stereocenters. The number of imidazole rings is 1. The van der Waals surface area contributed by atoms with Gasteiger partial charge in [0.1, 0.15) is 11.5 Å². The van der Waals surface area contributed by atoms with Gasteiger partial charge in [0.15, 0.2) is 5.69 Å². The Morgan fingerprint density at radius 2 is 2.18 bits per heavy atom.